The third kappa shape index (κ3) is 4.52. The van der Waals surface area contributed by atoms with Crippen molar-refractivity contribution in [3.8, 4) is 5.75 Å². The van der Waals surface area contributed by atoms with Gasteiger partial charge in [0.2, 0.25) is 5.91 Å². The van der Waals surface area contributed by atoms with Gasteiger partial charge in [-0.2, -0.15) is 0 Å². The fourth-order valence-electron chi connectivity index (χ4n) is 1.56. The van der Waals surface area contributed by atoms with Gasteiger partial charge in [0, 0.05) is 18.2 Å². The SMILES string of the molecule is O=C(/C=C/C(=O)Oc1cccc(F)c1)Nc1ccccc1F. The average molecular weight is 303 g/mol. The summed E-state index contributed by atoms with van der Waals surface area (Å²) >= 11 is 0. The molecule has 0 aliphatic carbocycles. The summed E-state index contributed by atoms with van der Waals surface area (Å²) in [6, 6.07) is 10.6. The Morgan fingerprint density at radius 3 is 2.50 bits per heavy atom. The van der Waals surface area contributed by atoms with Crippen LogP contribution in [0, 0.1) is 11.6 Å². The molecule has 0 saturated carbocycles. The molecule has 22 heavy (non-hydrogen) atoms. The highest BCUT2D eigenvalue weighted by Gasteiger charge is 2.05. The highest BCUT2D eigenvalue weighted by Crippen LogP contribution is 2.13. The molecule has 0 heterocycles. The Balaban J connectivity index is 1.92. The first kappa shape index (κ1) is 15.4. The van der Waals surface area contributed by atoms with Crippen LogP contribution in [0.4, 0.5) is 14.5 Å². The van der Waals surface area contributed by atoms with Gasteiger partial charge in [0.15, 0.2) is 0 Å². The molecule has 2 aromatic rings. The predicted octanol–water partition coefficient (Wildman–Crippen LogP) is 3.07. The van der Waals surface area contributed by atoms with E-state index in [0.717, 1.165) is 18.2 Å². The summed E-state index contributed by atoms with van der Waals surface area (Å²) in [6.45, 7) is 0. The molecule has 0 unspecified atom stereocenters. The number of esters is 1. The molecule has 6 heteroatoms. The van der Waals surface area contributed by atoms with Crippen molar-refractivity contribution in [3.05, 3.63) is 72.3 Å². The number of ether oxygens (including phenoxy) is 1. The number of rotatable bonds is 4. The van der Waals surface area contributed by atoms with Crippen molar-refractivity contribution in [2.24, 2.45) is 0 Å². The van der Waals surface area contributed by atoms with Gasteiger partial charge in [0.25, 0.3) is 0 Å². The van der Waals surface area contributed by atoms with Crippen molar-refractivity contribution in [3.63, 3.8) is 0 Å². The Kier molecular flexibility index (Phi) is 4.98. The molecule has 0 fully saturated rings. The van der Waals surface area contributed by atoms with Gasteiger partial charge in [0.05, 0.1) is 5.69 Å². The second-order valence-corrected chi connectivity index (χ2v) is 4.18. The van der Waals surface area contributed by atoms with Crippen LogP contribution >= 0.6 is 0 Å². The quantitative estimate of drug-likeness (QED) is 0.536. The van der Waals surface area contributed by atoms with Crippen molar-refractivity contribution in [1.82, 2.24) is 0 Å². The van der Waals surface area contributed by atoms with Gasteiger partial charge in [-0.25, -0.2) is 13.6 Å². The smallest absolute Gasteiger partial charge is 0.336 e. The number of amides is 1. The van der Waals surface area contributed by atoms with Gasteiger partial charge in [-0.15, -0.1) is 0 Å². The Labute approximate surface area is 125 Å². The Morgan fingerprint density at radius 1 is 1.00 bits per heavy atom. The van der Waals surface area contributed by atoms with Gasteiger partial charge in [-0.1, -0.05) is 18.2 Å². The topological polar surface area (TPSA) is 55.4 Å². The third-order valence-corrected chi connectivity index (χ3v) is 2.52. The minimum absolute atomic E-state index is 0.00403. The highest BCUT2D eigenvalue weighted by atomic mass is 19.1. The first-order valence-electron chi connectivity index (χ1n) is 6.25. The van der Waals surface area contributed by atoms with Crippen LogP contribution in [0.1, 0.15) is 0 Å². The molecule has 0 aromatic heterocycles. The van der Waals surface area contributed by atoms with Crippen LogP contribution < -0.4 is 10.1 Å². The second kappa shape index (κ2) is 7.12. The Hall–Kier alpha value is -3.02. The van der Waals surface area contributed by atoms with E-state index in [2.05, 4.69) is 5.32 Å². The molecule has 4 nitrogen and oxygen atoms in total. The van der Waals surface area contributed by atoms with E-state index in [1.807, 2.05) is 0 Å². The maximum Gasteiger partial charge on any atom is 0.336 e. The fraction of sp³-hybridized carbons (Fsp3) is 0. The number of benzene rings is 2. The number of carbonyl (C=O) groups is 2. The molecule has 0 spiro atoms. The number of hydrogen-bond acceptors (Lipinski definition) is 3. The van der Waals surface area contributed by atoms with Gasteiger partial charge >= 0.3 is 5.97 Å². The lowest BCUT2D eigenvalue weighted by atomic mass is 10.3. The third-order valence-electron chi connectivity index (χ3n) is 2.52. The van der Waals surface area contributed by atoms with E-state index in [-0.39, 0.29) is 11.4 Å². The van der Waals surface area contributed by atoms with Crippen molar-refractivity contribution in [1.29, 1.82) is 0 Å². The van der Waals surface area contributed by atoms with Crippen molar-refractivity contribution in [2.45, 2.75) is 0 Å². The number of carbonyl (C=O) groups excluding carboxylic acids is 2. The zero-order chi connectivity index (χ0) is 15.9. The zero-order valence-electron chi connectivity index (χ0n) is 11.3. The molecule has 1 N–H and O–H groups in total. The van der Waals surface area contributed by atoms with Crippen LogP contribution in [-0.4, -0.2) is 11.9 Å². The largest absolute Gasteiger partial charge is 0.423 e. The summed E-state index contributed by atoms with van der Waals surface area (Å²) in [6.07, 6.45) is 1.76. The molecule has 0 radical (unpaired) electrons. The van der Waals surface area contributed by atoms with E-state index in [1.165, 1.54) is 36.4 Å². The van der Waals surface area contributed by atoms with Crippen LogP contribution in [0.25, 0.3) is 0 Å². The fourth-order valence-corrected chi connectivity index (χ4v) is 1.56. The van der Waals surface area contributed by atoms with Crippen LogP contribution in [0.2, 0.25) is 0 Å². The normalized spacial score (nSPS) is 10.5. The molecule has 112 valence electrons. The van der Waals surface area contributed by atoms with E-state index in [0.29, 0.717) is 0 Å². The van der Waals surface area contributed by atoms with E-state index in [4.69, 9.17) is 4.74 Å². The molecule has 2 aromatic carbocycles. The molecule has 0 atom stereocenters. The standard InChI is InChI=1S/C16H11F2NO3/c17-11-4-3-5-12(10-11)22-16(21)9-8-15(20)19-14-7-2-1-6-13(14)18/h1-10H,(H,19,20)/b9-8+. The lowest BCUT2D eigenvalue weighted by Gasteiger charge is -2.03. The number of nitrogens with one attached hydrogen (secondary N) is 1. The summed E-state index contributed by atoms with van der Waals surface area (Å²) in [4.78, 5) is 23.0. The van der Waals surface area contributed by atoms with Crippen LogP contribution in [0.5, 0.6) is 5.75 Å². The summed E-state index contributed by atoms with van der Waals surface area (Å²) in [5.41, 5.74) is -0.00403. The first-order chi connectivity index (χ1) is 10.5. The van der Waals surface area contributed by atoms with E-state index in [1.54, 1.807) is 6.07 Å². The van der Waals surface area contributed by atoms with Gasteiger partial charge < -0.3 is 10.1 Å². The molecular weight excluding hydrogens is 292 g/mol. The number of hydrogen-bond donors (Lipinski definition) is 1. The minimum atomic E-state index is -0.853. The van der Waals surface area contributed by atoms with Gasteiger partial charge in [-0.05, 0) is 24.3 Å². The van der Waals surface area contributed by atoms with E-state index < -0.39 is 23.5 Å². The highest BCUT2D eigenvalue weighted by molar-refractivity contribution is 6.02. The van der Waals surface area contributed by atoms with Crippen molar-refractivity contribution in [2.75, 3.05) is 5.32 Å². The molecular formula is C16H11F2NO3. The average Bonchev–Trinajstić information content (AvgIpc) is 2.48. The second-order valence-electron chi connectivity index (χ2n) is 4.18. The monoisotopic (exact) mass is 303 g/mol. The molecule has 0 aliphatic heterocycles. The Morgan fingerprint density at radius 2 is 1.77 bits per heavy atom. The van der Waals surface area contributed by atoms with Gasteiger partial charge in [0.1, 0.15) is 17.4 Å². The lowest BCUT2D eigenvalue weighted by Crippen LogP contribution is -2.11. The van der Waals surface area contributed by atoms with Crippen molar-refractivity contribution < 1.29 is 23.1 Å². The minimum Gasteiger partial charge on any atom is -0.423 e. The summed E-state index contributed by atoms with van der Waals surface area (Å²) < 4.78 is 31.0. The number of para-hydroxylation sites is 1. The van der Waals surface area contributed by atoms with E-state index >= 15 is 0 Å². The van der Waals surface area contributed by atoms with E-state index in [9.17, 15) is 18.4 Å². The maximum atomic E-state index is 13.3. The first-order valence-corrected chi connectivity index (χ1v) is 6.25. The molecule has 2 rings (SSSR count). The number of anilines is 1. The van der Waals surface area contributed by atoms with Gasteiger partial charge in [-0.3, -0.25) is 4.79 Å². The predicted molar refractivity (Wildman–Crippen MR) is 76.2 cm³/mol. The summed E-state index contributed by atoms with van der Waals surface area (Å²) in [7, 11) is 0. The number of halogens is 2. The summed E-state index contributed by atoms with van der Waals surface area (Å²) in [5, 5.41) is 2.27. The molecule has 0 aliphatic rings. The van der Waals surface area contributed by atoms with Crippen LogP contribution in [0.15, 0.2) is 60.7 Å². The molecule has 0 bridgehead atoms. The van der Waals surface area contributed by atoms with Crippen LogP contribution in [-0.2, 0) is 9.59 Å². The summed E-state index contributed by atoms with van der Waals surface area (Å²) in [5.74, 6) is -2.67. The maximum absolute atomic E-state index is 13.3. The molecule has 1 amide bonds. The molecule has 0 saturated heterocycles. The van der Waals surface area contributed by atoms with Crippen molar-refractivity contribution >= 4 is 17.6 Å². The Bertz CT molecular complexity index is 729. The van der Waals surface area contributed by atoms with Crippen LogP contribution in [0.3, 0.4) is 0 Å². The lowest BCUT2D eigenvalue weighted by molar-refractivity contribution is -0.129. The zero-order valence-corrected chi connectivity index (χ0v) is 11.3.